The zero-order valence-electron chi connectivity index (χ0n) is 24.9. The Labute approximate surface area is 243 Å². The van der Waals surface area contributed by atoms with E-state index in [1.54, 1.807) is 12.0 Å². The first-order valence-electron chi connectivity index (χ1n) is 14.3. The first-order valence-corrected chi connectivity index (χ1v) is 14.3. The minimum atomic E-state index is -0.0560. The van der Waals surface area contributed by atoms with Crippen molar-refractivity contribution in [1.29, 1.82) is 0 Å². The van der Waals surface area contributed by atoms with Crippen LogP contribution in [0.4, 0.5) is 5.69 Å². The number of aromatic nitrogens is 1. The molecule has 1 aromatic heterocycles. The van der Waals surface area contributed by atoms with Gasteiger partial charge in [-0.3, -0.25) is 9.59 Å². The Kier molecular flexibility index (Phi) is 10.1. The minimum absolute atomic E-state index is 0.0493. The summed E-state index contributed by atoms with van der Waals surface area (Å²) in [4.78, 5) is 36.4. The monoisotopic (exact) mass is 554 g/mol. The third-order valence-electron chi connectivity index (χ3n) is 7.77. The van der Waals surface area contributed by atoms with Gasteiger partial charge in [0, 0.05) is 56.0 Å². The summed E-state index contributed by atoms with van der Waals surface area (Å²) in [6, 6.07) is 24.0. The number of para-hydroxylation sites is 1. The normalized spacial score (nSPS) is 11.7. The Morgan fingerprint density at radius 2 is 1.59 bits per heavy atom. The van der Waals surface area contributed by atoms with Gasteiger partial charge in [-0.05, 0) is 66.8 Å². The molecule has 0 saturated carbocycles. The lowest BCUT2D eigenvalue weighted by Crippen LogP contribution is -2.47. The summed E-state index contributed by atoms with van der Waals surface area (Å²) in [5.74, 6) is 0.648. The van der Waals surface area contributed by atoms with E-state index < -0.39 is 0 Å². The molecule has 2 amide bonds. The van der Waals surface area contributed by atoms with Crippen LogP contribution in [0.25, 0.3) is 10.9 Å². The van der Waals surface area contributed by atoms with Gasteiger partial charge in [-0.1, -0.05) is 49.4 Å². The van der Waals surface area contributed by atoms with Gasteiger partial charge in [-0.15, -0.1) is 0 Å². The summed E-state index contributed by atoms with van der Waals surface area (Å²) in [6.45, 7) is 5.14. The maximum Gasteiger partial charge on any atom is 0.242 e. The Balaban J connectivity index is 1.53. The van der Waals surface area contributed by atoms with Crippen LogP contribution in [0.3, 0.4) is 0 Å². The number of carbonyl (C=O) groups excluding carboxylic acids is 2. The number of benzene rings is 3. The van der Waals surface area contributed by atoms with Gasteiger partial charge >= 0.3 is 0 Å². The van der Waals surface area contributed by atoms with Gasteiger partial charge in [-0.25, -0.2) is 0 Å². The maximum atomic E-state index is 13.9. The van der Waals surface area contributed by atoms with Crippen molar-refractivity contribution >= 4 is 28.4 Å². The van der Waals surface area contributed by atoms with Gasteiger partial charge in [0.25, 0.3) is 0 Å². The minimum Gasteiger partial charge on any atom is -0.497 e. The van der Waals surface area contributed by atoms with Crippen molar-refractivity contribution in [3.8, 4) is 5.75 Å². The molecule has 4 rings (SSSR count). The summed E-state index contributed by atoms with van der Waals surface area (Å²) in [5.41, 5.74) is 5.33. The number of H-pyrrole nitrogens is 1. The second-order valence-corrected chi connectivity index (χ2v) is 10.8. The first kappa shape index (κ1) is 29.7. The molecule has 0 aliphatic rings. The highest BCUT2D eigenvalue weighted by molar-refractivity contribution is 5.86. The SMILES string of the molecule is CCC(C)N(CC(=O)N(CCc1c[nH]c2ccccc12)Cc1ccc(N(C)C)cc1)C(=O)Cc1ccc(OC)cc1. The predicted molar refractivity (Wildman–Crippen MR) is 166 cm³/mol. The number of ether oxygens (including phenoxy) is 1. The van der Waals surface area contributed by atoms with Crippen LogP contribution in [-0.4, -0.2) is 66.9 Å². The molecule has 4 aromatic rings. The number of hydrogen-bond acceptors (Lipinski definition) is 4. The number of anilines is 1. The van der Waals surface area contributed by atoms with E-state index in [0.29, 0.717) is 19.5 Å². The molecule has 0 bridgehead atoms. The van der Waals surface area contributed by atoms with Crippen molar-refractivity contribution in [2.45, 2.75) is 45.7 Å². The fourth-order valence-corrected chi connectivity index (χ4v) is 4.98. The van der Waals surface area contributed by atoms with Gasteiger partial charge in [-0.2, -0.15) is 0 Å². The van der Waals surface area contributed by atoms with Crippen molar-refractivity contribution < 1.29 is 14.3 Å². The Bertz CT molecular complexity index is 1430. The average molecular weight is 555 g/mol. The lowest BCUT2D eigenvalue weighted by atomic mass is 10.1. The summed E-state index contributed by atoms with van der Waals surface area (Å²) in [5, 5.41) is 1.17. The van der Waals surface area contributed by atoms with Crippen LogP contribution in [0, 0.1) is 0 Å². The number of nitrogens with one attached hydrogen (secondary N) is 1. The molecule has 7 heteroatoms. The highest BCUT2D eigenvalue weighted by Gasteiger charge is 2.25. The number of fused-ring (bicyclic) bond motifs is 1. The molecule has 1 unspecified atom stereocenters. The molecule has 0 aliphatic carbocycles. The van der Waals surface area contributed by atoms with Crippen LogP contribution in [-0.2, 0) is 29.0 Å². The molecule has 3 aromatic carbocycles. The maximum absolute atomic E-state index is 13.9. The van der Waals surface area contributed by atoms with Crippen LogP contribution in [0.1, 0.15) is 37.0 Å². The number of nitrogens with zero attached hydrogens (tertiary/aromatic N) is 3. The Morgan fingerprint density at radius 3 is 2.24 bits per heavy atom. The van der Waals surface area contributed by atoms with E-state index in [2.05, 4.69) is 46.3 Å². The van der Waals surface area contributed by atoms with E-state index in [-0.39, 0.29) is 30.8 Å². The van der Waals surface area contributed by atoms with Gasteiger partial charge in [0.1, 0.15) is 12.3 Å². The molecule has 216 valence electrons. The van der Waals surface area contributed by atoms with E-state index in [1.807, 2.05) is 75.4 Å². The molecular formula is C34H42N4O3. The third kappa shape index (κ3) is 7.69. The van der Waals surface area contributed by atoms with Crippen LogP contribution in [0.15, 0.2) is 79.0 Å². The molecule has 0 saturated heterocycles. The largest absolute Gasteiger partial charge is 0.497 e. The highest BCUT2D eigenvalue weighted by Crippen LogP contribution is 2.20. The van der Waals surface area contributed by atoms with Crippen LogP contribution in [0.5, 0.6) is 5.75 Å². The van der Waals surface area contributed by atoms with Gasteiger partial charge in [0.05, 0.1) is 13.5 Å². The predicted octanol–water partition coefficient (Wildman–Crippen LogP) is 5.68. The average Bonchev–Trinajstić information content (AvgIpc) is 3.41. The number of amides is 2. The molecule has 41 heavy (non-hydrogen) atoms. The second-order valence-electron chi connectivity index (χ2n) is 10.8. The molecule has 0 radical (unpaired) electrons. The van der Waals surface area contributed by atoms with Crippen LogP contribution < -0.4 is 9.64 Å². The second kappa shape index (κ2) is 13.9. The molecule has 7 nitrogen and oxygen atoms in total. The fourth-order valence-electron chi connectivity index (χ4n) is 4.98. The van der Waals surface area contributed by atoms with E-state index in [9.17, 15) is 9.59 Å². The van der Waals surface area contributed by atoms with E-state index >= 15 is 0 Å². The quantitative estimate of drug-likeness (QED) is 0.231. The smallest absolute Gasteiger partial charge is 0.242 e. The summed E-state index contributed by atoms with van der Waals surface area (Å²) in [6.07, 6.45) is 3.75. The van der Waals surface area contributed by atoms with E-state index in [1.165, 1.54) is 10.9 Å². The molecule has 1 atom stereocenters. The molecule has 0 spiro atoms. The fraction of sp³-hybridized carbons (Fsp3) is 0.353. The zero-order chi connectivity index (χ0) is 29.4. The first-order chi connectivity index (χ1) is 19.8. The molecule has 0 aliphatic heterocycles. The van der Waals surface area contributed by atoms with E-state index in [0.717, 1.165) is 34.5 Å². The van der Waals surface area contributed by atoms with Crippen molar-refractivity contribution in [3.05, 3.63) is 95.7 Å². The van der Waals surface area contributed by atoms with E-state index in [4.69, 9.17) is 4.74 Å². The molecular weight excluding hydrogens is 512 g/mol. The summed E-state index contributed by atoms with van der Waals surface area (Å²) in [7, 11) is 5.65. The summed E-state index contributed by atoms with van der Waals surface area (Å²) < 4.78 is 5.25. The Morgan fingerprint density at radius 1 is 0.902 bits per heavy atom. The lowest BCUT2D eigenvalue weighted by molar-refractivity contribution is -0.142. The molecule has 0 fully saturated rings. The number of methoxy groups -OCH3 is 1. The molecule has 1 N–H and O–H groups in total. The van der Waals surface area contributed by atoms with Crippen molar-refractivity contribution in [2.24, 2.45) is 0 Å². The molecule has 1 heterocycles. The standard InChI is InChI=1S/C34H42N4O3/c1-6-25(2)38(33(39)21-26-13-17-30(41-5)18-14-26)24-34(40)37(23-27-11-15-29(16-12-27)36(3)4)20-19-28-22-35-32-10-8-7-9-31(28)32/h7-18,22,25,35H,6,19-21,23-24H2,1-5H3. The van der Waals surface area contributed by atoms with Crippen LogP contribution >= 0.6 is 0 Å². The van der Waals surface area contributed by atoms with Crippen molar-refractivity contribution in [2.75, 3.05) is 39.2 Å². The Hall–Kier alpha value is -4.26. The number of carbonyl (C=O) groups is 2. The van der Waals surface area contributed by atoms with Crippen molar-refractivity contribution in [1.82, 2.24) is 14.8 Å². The lowest BCUT2D eigenvalue weighted by Gasteiger charge is -2.31. The van der Waals surface area contributed by atoms with Gasteiger partial charge in [0.2, 0.25) is 11.8 Å². The number of hydrogen-bond donors (Lipinski definition) is 1. The van der Waals surface area contributed by atoms with Crippen LogP contribution in [0.2, 0.25) is 0 Å². The topological polar surface area (TPSA) is 68.9 Å². The third-order valence-corrected chi connectivity index (χ3v) is 7.77. The van der Waals surface area contributed by atoms with Gasteiger partial charge < -0.3 is 24.4 Å². The van der Waals surface area contributed by atoms with Crippen molar-refractivity contribution in [3.63, 3.8) is 0 Å². The van der Waals surface area contributed by atoms with Gasteiger partial charge in [0.15, 0.2) is 0 Å². The highest BCUT2D eigenvalue weighted by atomic mass is 16.5. The zero-order valence-corrected chi connectivity index (χ0v) is 24.9. The number of aromatic amines is 1. The summed E-state index contributed by atoms with van der Waals surface area (Å²) >= 11 is 0. The number of rotatable bonds is 13.